The van der Waals surface area contributed by atoms with E-state index in [1.165, 1.54) is 11.6 Å². The lowest BCUT2D eigenvalue weighted by Gasteiger charge is -2.21. The summed E-state index contributed by atoms with van der Waals surface area (Å²) in [7, 11) is 0. The molecule has 0 aromatic heterocycles. The largest absolute Gasteiger partial charge is 0.303 e. The van der Waals surface area contributed by atoms with Crippen LogP contribution in [0.15, 0.2) is 23.8 Å². The van der Waals surface area contributed by atoms with Crippen LogP contribution in [0.3, 0.4) is 0 Å². The first-order valence-electron chi connectivity index (χ1n) is 5.34. The molecule has 2 nitrogen and oxygen atoms in total. The van der Waals surface area contributed by atoms with Gasteiger partial charge in [0.25, 0.3) is 0 Å². The maximum absolute atomic E-state index is 10.4. The summed E-state index contributed by atoms with van der Waals surface area (Å²) in [6.07, 6.45) is 9.34. The Bertz CT molecular complexity index is 251. The molecule has 0 saturated heterocycles. The van der Waals surface area contributed by atoms with Crippen LogP contribution in [-0.4, -0.2) is 12.6 Å². The van der Waals surface area contributed by atoms with Crippen molar-refractivity contribution in [1.82, 2.24) is 0 Å². The Kier molecular flexibility index (Phi) is 7.51. The van der Waals surface area contributed by atoms with E-state index >= 15 is 0 Å². The molecule has 1 aliphatic carbocycles. The monoisotopic (exact) mass is 208 g/mol. The second-order valence-corrected chi connectivity index (χ2v) is 3.87. The minimum Gasteiger partial charge on any atom is -0.303 e. The van der Waals surface area contributed by atoms with Crippen LogP contribution < -0.4 is 0 Å². The Labute approximate surface area is 92.1 Å². The molecule has 2 unspecified atom stereocenters. The summed E-state index contributed by atoms with van der Waals surface area (Å²) in [5.41, 5.74) is 1.44. The molecule has 1 rings (SSSR count). The summed E-state index contributed by atoms with van der Waals surface area (Å²) in [6, 6.07) is 0. The fraction of sp³-hybridized carbons (Fsp3) is 0.538. The molecule has 1 aliphatic rings. The maximum atomic E-state index is 10.4. The van der Waals surface area contributed by atoms with Crippen LogP contribution in [0.25, 0.3) is 0 Å². The summed E-state index contributed by atoms with van der Waals surface area (Å²) in [5, 5.41) is 0. The van der Waals surface area contributed by atoms with Gasteiger partial charge in [-0.1, -0.05) is 24.6 Å². The molecule has 15 heavy (non-hydrogen) atoms. The number of allylic oxidation sites excluding steroid dienone is 4. The van der Waals surface area contributed by atoms with Crippen molar-refractivity contribution < 1.29 is 9.59 Å². The van der Waals surface area contributed by atoms with Gasteiger partial charge < -0.3 is 4.79 Å². The van der Waals surface area contributed by atoms with Crippen LogP contribution in [0.2, 0.25) is 0 Å². The predicted molar refractivity (Wildman–Crippen MR) is 62.6 cm³/mol. The number of carbonyl (C=O) groups is 2. The fourth-order valence-electron chi connectivity index (χ4n) is 1.58. The highest BCUT2D eigenvalue weighted by Gasteiger charge is 2.18. The Hall–Kier alpha value is -1.18. The Morgan fingerprint density at radius 1 is 1.40 bits per heavy atom. The van der Waals surface area contributed by atoms with Gasteiger partial charge in [0.15, 0.2) is 0 Å². The molecule has 0 aromatic rings. The Morgan fingerprint density at radius 2 is 2.07 bits per heavy atom. The highest BCUT2D eigenvalue weighted by molar-refractivity contribution is 5.64. The van der Waals surface area contributed by atoms with Crippen LogP contribution in [0.1, 0.15) is 33.6 Å². The minimum atomic E-state index is 0.281. The van der Waals surface area contributed by atoms with Crippen LogP contribution >= 0.6 is 0 Å². The molecule has 0 aromatic carbocycles. The molecule has 0 bridgehead atoms. The third-order valence-corrected chi connectivity index (χ3v) is 2.54. The zero-order valence-electron chi connectivity index (χ0n) is 9.77. The van der Waals surface area contributed by atoms with E-state index in [4.69, 9.17) is 0 Å². The van der Waals surface area contributed by atoms with E-state index in [2.05, 4.69) is 19.9 Å². The fourth-order valence-corrected chi connectivity index (χ4v) is 1.58. The summed E-state index contributed by atoms with van der Waals surface area (Å²) < 4.78 is 0. The summed E-state index contributed by atoms with van der Waals surface area (Å²) in [6.45, 7) is 6.05. The molecule has 0 N–H and O–H groups in total. The molecule has 0 amide bonds. The SMILES string of the molecule is C/C=C/C=O.CC1=CC(C)C(C=O)CC1. The summed E-state index contributed by atoms with van der Waals surface area (Å²) in [4.78, 5) is 19.8. The van der Waals surface area contributed by atoms with Gasteiger partial charge in [-0.05, 0) is 38.7 Å². The maximum Gasteiger partial charge on any atom is 0.142 e. The normalized spacial score (nSPS) is 25.1. The molecule has 2 heteroatoms. The molecule has 0 saturated carbocycles. The molecular weight excluding hydrogens is 188 g/mol. The number of hydrogen-bond donors (Lipinski definition) is 0. The molecule has 0 fully saturated rings. The smallest absolute Gasteiger partial charge is 0.142 e. The first kappa shape index (κ1) is 13.8. The Morgan fingerprint density at radius 3 is 2.40 bits per heavy atom. The zero-order valence-corrected chi connectivity index (χ0v) is 9.77. The second-order valence-electron chi connectivity index (χ2n) is 3.87. The number of carbonyl (C=O) groups excluding carboxylic acids is 2. The van der Waals surface area contributed by atoms with Gasteiger partial charge in [0.05, 0.1) is 0 Å². The molecule has 2 atom stereocenters. The van der Waals surface area contributed by atoms with E-state index in [-0.39, 0.29) is 5.92 Å². The van der Waals surface area contributed by atoms with Gasteiger partial charge in [-0.25, -0.2) is 0 Å². The average Bonchev–Trinajstić information content (AvgIpc) is 2.20. The van der Waals surface area contributed by atoms with E-state index in [9.17, 15) is 9.59 Å². The lowest BCUT2D eigenvalue weighted by molar-refractivity contribution is -0.112. The predicted octanol–water partition coefficient (Wildman–Crippen LogP) is 2.94. The van der Waals surface area contributed by atoms with Crippen LogP contribution in [-0.2, 0) is 9.59 Å². The van der Waals surface area contributed by atoms with Crippen molar-refractivity contribution in [1.29, 1.82) is 0 Å². The van der Waals surface area contributed by atoms with E-state index in [0.29, 0.717) is 5.92 Å². The van der Waals surface area contributed by atoms with Crippen molar-refractivity contribution in [3.63, 3.8) is 0 Å². The molecular formula is C13H20O2. The summed E-state index contributed by atoms with van der Waals surface area (Å²) in [5.74, 6) is 0.745. The van der Waals surface area contributed by atoms with E-state index < -0.39 is 0 Å². The van der Waals surface area contributed by atoms with Crippen LogP contribution in [0.5, 0.6) is 0 Å². The molecule has 0 aliphatic heterocycles. The average molecular weight is 208 g/mol. The van der Waals surface area contributed by atoms with Crippen molar-refractivity contribution >= 4 is 12.6 Å². The van der Waals surface area contributed by atoms with Crippen molar-refractivity contribution in [3.05, 3.63) is 23.8 Å². The van der Waals surface area contributed by atoms with Gasteiger partial charge in [0.1, 0.15) is 12.6 Å². The lowest BCUT2D eigenvalue weighted by atomic mass is 9.83. The summed E-state index contributed by atoms with van der Waals surface area (Å²) >= 11 is 0. The third-order valence-electron chi connectivity index (χ3n) is 2.54. The first-order valence-corrected chi connectivity index (χ1v) is 5.34. The highest BCUT2D eigenvalue weighted by Crippen LogP contribution is 2.26. The number of hydrogen-bond acceptors (Lipinski definition) is 2. The topological polar surface area (TPSA) is 34.1 Å². The van der Waals surface area contributed by atoms with Gasteiger partial charge in [0.2, 0.25) is 0 Å². The molecule has 84 valence electrons. The number of aldehydes is 2. The Balaban J connectivity index is 0.000000336. The van der Waals surface area contributed by atoms with Gasteiger partial charge in [-0.15, -0.1) is 0 Å². The van der Waals surface area contributed by atoms with Gasteiger partial charge >= 0.3 is 0 Å². The van der Waals surface area contributed by atoms with Crippen molar-refractivity contribution in [2.75, 3.05) is 0 Å². The molecule has 0 heterocycles. The van der Waals surface area contributed by atoms with E-state index in [1.807, 2.05) is 0 Å². The number of rotatable bonds is 2. The standard InChI is InChI=1S/C9H14O.C4H6O/c1-7-3-4-9(6-10)8(2)5-7;1-2-3-4-5/h5-6,8-9H,3-4H2,1-2H3;2-4H,1H3/b;3-2+. The first-order chi connectivity index (χ1) is 7.15. The van der Waals surface area contributed by atoms with Crippen molar-refractivity contribution in [2.24, 2.45) is 11.8 Å². The highest BCUT2D eigenvalue weighted by atomic mass is 16.1. The van der Waals surface area contributed by atoms with Gasteiger partial charge in [-0.2, -0.15) is 0 Å². The lowest BCUT2D eigenvalue weighted by Crippen LogP contribution is -2.15. The van der Waals surface area contributed by atoms with Crippen LogP contribution in [0, 0.1) is 11.8 Å². The zero-order chi connectivity index (χ0) is 11.7. The third kappa shape index (κ3) is 6.00. The minimum absolute atomic E-state index is 0.281. The van der Waals surface area contributed by atoms with Gasteiger partial charge in [-0.3, -0.25) is 4.79 Å². The van der Waals surface area contributed by atoms with Crippen LogP contribution in [0.4, 0.5) is 0 Å². The quantitative estimate of drug-likeness (QED) is 0.397. The second kappa shape index (κ2) is 8.16. The molecule has 0 radical (unpaired) electrons. The van der Waals surface area contributed by atoms with Crippen molar-refractivity contribution in [3.8, 4) is 0 Å². The van der Waals surface area contributed by atoms with E-state index in [0.717, 1.165) is 25.4 Å². The van der Waals surface area contributed by atoms with Crippen molar-refractivity contribution in [2.45, 2.75) is 33.6 Å². The van der Waals surface area contributed by atoms with E-state index in [1.54, 1.807) is 13.0 Å². The van der Waals surface area contributed by atoms with Gasteiger partial charge in [0, 0.05) is 5.92 Å². The molecule has 0 spiro atoms.